The summed E-state index contributed by atoms with van der Waals surface area (Å²) in [5.74, 6) is 1.60. The Morgan fingerprint density at radius 3 is 2.76 bits per heavy atom. The van der Waals surface area contributed by atoms with Crippen molar-refractivity contribution in [1.29, 1.82) is 0 Å². The fourth-order valence-corrected chi connectivity index (χ4v) is 2.22. The Hall–Kier alpha value is -3.02. The van der Waals surface area contributed by atoms with Crippen LogP contribution in [0.5, 0.6) is 17.4 Å². The zero-order chi connectivity index (χ0) is 18.1. The van der Waals surface area contributed by atoms with Gasteiger partial charge < -0.3 is 19.5 Å². The van der Waals surface area contributed by atoms with Crippen LogP contribution in [0.15, 0.2) is 42.6 Å². The van der Waals surface area contributed by atoms with E-state index in [1.165, 1.54) is 6.08 Å². The maximum Gasteiger partial charge on any atom is 0.244 e. The van der Waals surface area contributed by atoms with E-state index in [1.807, 2.05) is 31.2 Å². The van der Waals surface area contributed by atoms with Crippen molar-refractivity contribution in [1.82, 2.24) is 10.3 Å². The topological polar surface area (TPSA) is 69.7 Å². The monoisotopic (exact) mass is 342 g/mol. The van der Waals surface area contributed by atoms with Crippen LogP contribution in [0, 0.1) is 0 Å². The first-order chi connectivity index (χ1) is 12.2. The van der Waals surface area contributed by atoms with Crippen molar-refractivity contribution in [2.75, 3.05) is 20.8 Å². The number of aromatic nitrogens is 1. The number of ether oxygens (including phenoxy) is 3. The van der Waals surface area contributed by atoms with E-state index < -0.39 is 0 Å². The van der Waals surface area contributed by atoms with E-state index in [4.69, 9.17) is 14.2 Å². The second-order valence-electron chi connectivity index (χ2n) is 5.07. The molecule has 0 aliphatic carbocycles. The molecule has 6 nitrogen and oxygen atoms in total. The standard InChI is InChI=1S/C19H22N2O4/c1-4-25-17-12-14(7-9-16(17)23-2)8-10-18(22)21-13-15-6-5-11-20-19(15)24-3/h5-12H,4,13H2,1-3H3,(H,21,22)/b10-8+. The number of hydrogen-bond acceptors (Lipinski definition) is 5. The summed E-state index contributed by atoms with van der Waals surface area (Å²) in [5.41, 5.74) is 1.66. The summed E-state index contributed by atoms with van der Waals surface area (Å²) >= 11 is 0. The molecule has 0 aliphatic rings. The smallest absolute Gasteiger partial charge is 0.244 e. The number of pyridine rings is 1. The maximum atomic E-state index is 12.0. The molecule has 0 atom stereocenters. The highest BCUT2D eigenvalue weighted by Crippen LogP contribution is 2.28. The number of methoxy groups -OCH3 is 2. The highest BCUT2D eigenvalue weighted by atomic mass is 16.5. The number of hydrogen-bond donors (Lipinski definition) is 1. The SMILES string of the molecule is CCOc1cc(/C=C/C(=O)NCc2cccnc2OC)ccc1OC. The second kappa shape index (κ2) is 9.32. The summed E-state index contributed by atoms with van der Waals surface area (Å²) < 4.78 is 15.9. The van der Waals surface area contributed by atoms with Gasteiger partial charge in [0, 0.05) is 24.4 Å². The minimum absolute atomic E-state index is 0.209. The molecule has 0 fully saturated rings. The molecule has 0 bridgehead atoms. The Balaban J connectivity index is 1.99. The summed E-state index contributed by atoms with van der Waals surface area (Å²) in [6, 6.07) is 9.15. The third kappa shape index (κ3) is 5.24. The molecule has 1 amide bonds. The minimum atomic E-state index is -0.209. The van der Waals surface area contributed by atoms with Crippen LogP contribution in [-0.4, -0.2) is 31.7 Å². The van der Waals surface area contributed by atoms with E-state index in [0.29, 0.717) is 30.5 Å². The normalized spacial score (nSPS) is 10.5. The lowest BCUT2D eigenvalue weighted by Crippen LogP contribution is -2.20. The Kier molecular flexibility index (Phi) is 6.83. The third-order valence-corrected chi connectivity index (χ3v) is 3.41. The molecule has 1 aromatic heterocycles. The molecule has 1 N–H and O–H groups in total. The predicted molar refractivity (Wildman–Crippen MR) is 95.8 cm³/mol. The first-order valence-electron chi connectivity index (χ1n) is 7.92. The first kappa shape index (κ1) is 18.3. The number of rotatable bonds is 8. The number of amides is 1. The fourth-order valence-electron chi connectivity index (χ4n) is 2.22. The van der Waals surface area contributed by atoms with Gasteiger partial charge in [-0.1, -0.05) is 12.1 Å². The fraction of sp³-hybridized carbons (Fsp3) is 0.263. The lowest BCUT2D eigenvalue weighted by Gasteiger charge is -2.09. The molecule has 2 rings (SSSR count). The molecule has 0 radical (unpaired) electrons. The van der Waals surface area contributed by atoms with Gasteiger partial charge in [0.2, 0.25) is 11.8 Å². The van der Waals surface area contributed by atoms with E-state index in [2.05, 4.69) is 10.3 Å². The van der Waals surface area contributed by atoms with Crippen LogP contribution < -0.4 is 19.5 Å². The van der Waals surface area contributed by atoms with Gasteiger partial charge in [0.05, 0.1) is 20.8 Å². The van der Waals surface area contributed by atoms with Crippen molar-refractivity contribution in [2.24, 2.45) is 0 Å². The Morgan fingerprint density at radius 1 is 1.20 bits per heavy atom. The van der Waals surface area contributed by atoms with Crippen LogP contribution in [0.2, 0.25) is 0 Å². The molecule has 132 valence electrons. The number of carbonyl (C=O) groups excluding carboxylic acids is 1. The quantitative estimate of drug-likeness (QED) is 0.747. The Labute approximate surface area is 147 Å². The van der Waals surface area contributed by atoms with Gasteiger partial charge in [-0.05, 0) is 36.8 Å². The largest absolute Gasteiger partial charge is 0.493 e. The van der Waals surface area contributed by atoms with E-state index in [-0.39, 0.29) is 5.91 Å². The zero-order valence-electron chi connectivity index (χ0n) is 14.6. The highest BCUT2D eigenvalue weighted by molar-refractivity contribution is 5.91. The minimum Gasteiger partial charge on any atom is -0.493 e. The average Bonchev–Trinajstić information content (AvgIpc) is 2.65. The molecular formula is C19H22N2O4. The van der Waals surface area contributed by atoms with Crippen molar-refractivity contribution in [2.45, 2.75) is 13.5 Å². The lowest BCUT2D eigenvalue weighted by atomic mass is 10.2. The summed E-state index contributed by atoms with van der Waals surface area (Å²) in [6.07, 6.45) is 4.84. The number of nitrogens with zero attached hydrogens (tertiary/aromatic N) is 1. The first-order valence-corrected chi connectivity index (χ1v) is 7.92. The van der Waals surface area contributed by atoms with Crippen molar-refractivity contribution in [3.8, 4) is 17.4 Å². The number of nitrogens with one attached hydrogen (secondary N) is 1. The molecule has 1 aromatic carbocycles. The van der Waals surface area contributed by atoms with Gasteiger partial charge >= 0.3 is 0 Å². The molecule has 0 aliphatic heterocycles. The van der Waals surface area contributed by atoms with Gasteiger partial charge in [-0.25, -0.2) is 4.98 Å². The number of carbonyl (C=O) groups is 1. The van der Waals surface area contributed by atoms with E-state index in [9.17, 15) is 4.79 Å². The molecule has 2 aromatic rings. The second-order valence-corrected chi connectivity index (χ2v) is 5.07. The number of benzene rings is 1. The van der Waals surface area contributed by atoms with E-state index >= 15 is 0 Å². The lowest BCUT2D eigenvalue weighted by molar-refractivity contribution is -0.116. The maximum absolute atomic E-state index is 12.0. The van der Waals surface area contributed by atoms with Crippen molar-refractivity contribution >= 4 is 12.0 Å². The summed E-state index contributed by atoms with van der Waals surface area (Å²) in [7, 11) is 3.14. The Morgan fingerprint density at radius 2 is 2.04 bits per heavy atom. The van der Waals surface area contributed by atoms with Gasteiger partial charge in [-0.15, -0.1) is 0 Å². The molecular weight excluding hydrogens is 320 g/mol. The van der Waals surface area contributed by atoms with Crippen molar-refractivity contribution in [3.63, 3.8) is 0 Å². The molecule has 0 saturated heterocycles. The highest BCUT2D eigenvalue weighted by Gasteiger charge is 2.06. The summed E-state index contributed by atoms with van der Waals surface area (Å²) in [4.78, 5) is 16.1. The van der Waals surface area contributed by atoms with Crippen molar-refractivity contribution < 1.29 is 19.0 Å². The molecule has 6 heteroatoms. The predicted octanol–water partition coefficient (Wildman–Crippen LogP) is 2.83. The van der Waals surface area contributed by atoms with Gasteiger partial charge in [0.1, 0.15) is 0 Å². The van der Waals surface area contributed by atoms with Gasteiger partial charge in [-0.2, -0.15) is 0 Å². The van der Waals surface area contributed by atoms with E-state index in [0.717, 1.165) is 11.1 Å². The van der Waals surface area contributed by atoms with Gasteiger partial charge in [0.25, 0.3) is 0 Å². The zero-order valence-corrected chi connectivity index (χ0v) is 14.6. The van der Waals surface area contributed by atoms with Crippen LogP contribution in [0.4, 0.5) is 0 Å². The molecule has 0 saturated carbocycles. The van der Waals surface area contributed by atoms with Crippen LogP contribution in [-0.2, 0) is 11.3 Å². The Bertz CT molecular complexity index is 744. The average molecular weight is 342 g/mol. The molecule has 25 heavy (non-hydrogen) atoms. The van der Waals surface area contributed by atoms with Crippen LogP contribution in [0.25, 0.3) is 6.08 Å². The van der Waals surface area contributed by atoms with Crippen LogP contribution >= 0.6 is 0 Å². The summed E-state index contributed by atoms with van der Waals surface area (Å²) in [6.45, 7) is 2.78. The third-order valence-electron chi connectivity index (χ3n) is 3.41. The molecule has 0 unspecified atom stereocenters. The van der Waals surface area contributed by atoms with Gasteiger partial charge in [-0.3, -0.25) is 4.79 Å². The molecule has 1 heterocycles. The van der Waals surface area contributed by atoms with E-state index in [1.54, 1.807) is 32.6 Å². The van der Waals surface area contributed by atoms with Crippen LogP contribution in [0.3, 0.4) is 0 Å². The van der Waals surface area contributed by atoms with Crippen molar-refractivity contribution in [3.05, 3.63) is 53.7 Å². The molecule has 0 spiro atoms. The summed E-state index contributed by atoms with van der Waals surface area (Å²) in [5, 5.41) is 2.80. The van der Waals surface area contributed by atoms with Crippen LogP contribution in [0.1, 0.15) is 18.1 Å². The van der Waals surface area contributed by atoms with Gasteiger partial charge in [0.15, 0.2) is 11.5 Å².